The van der Waals surface area contributed by atoms with Crippen molar-refractivity contribution >= 4 is 43.6 Å². The fraction of sp³-hybridized carbons (Fsp3) is 0.125. The molecule has 0 spiro atoms. The normalized spacial score (nSPS) is 14.3. The first-order chi connectivity index (χ1) is 12.5. The van der Waals surface area contributed by atoms with Gasteiger partial charge in [0.05, 0.1) is 16.1 Å². The van der Waals surface area contributed by atoms with Crippen molar-refractivity contribution in [2.75, 3.05) is 5.32 Å². The molecule has 7 nitrogen and oxygen atoms in total. The zero-order valence-electron chi connectivity index (χ0n) is 13.3. The van der Waals surface area contributed by atoms with E-state index in [1.165, 1.54) is 28.1 Å². The molecule has 0 bridgehead atoms. The smallest absolute Gasteiger partial charge is 0.253 e. The number of carbonyl (C=O) groups is 1. The highest BCUT2D eigenvalue weighted by atomic mass is 32.2. The lowest BCUT2D eigenvalue weighted by atomic mass is 10.3. The predicted octanol–water partition coefficient (Wildman–Crippen LogP) is 3.29. The number of nitrogens with one attached hydrogen (secondary N) is 1. The summed E-state index contributed by atoms with van der Waals surface area (Å²) in [5.74, 6) is 0.257. The van der Waals surface area contributed by atoms with Crippen molar-refractivity contribution in [3.05, 3.63) is 53.9 Å². The molecule has 26 heavy (non-hydrogen) atoms. The molecule has 3 aromatic heterocycles. The molecular formula is C16H13N3O4S3. The van der Waals surface area contributed by atoms with E-state index < -0.39 is 10.0 Å². The lowest BCUT2D eigenvalue weighted by molar-refractivity contribution is -0.111. The highest BCUT2D eigenvalue weighted by molar-refractivity contribution is 7.91. The van der Waals surface area contributed by atoms with Gasteiger partial charge in [-0.15, -0.1) is 22.7 Å². The fourth-order valence-electron chi connectivity index (χ4n) is 2.60. The van der Waals surface area contributed by atoms with Crippen molar-refractivity contribution in [3.63, 3.8) is 0 Å². The van der Waals surface area contributed by atoms with Gasteiger partial charge in [0.15, 0.2) is 12.2 Å². The quantitative estimate of drug-likeness (QED) is 0.655. The summed E-state index contributed by atoms with van der Waals surface area (Å²) in [4.78, 5) is 16.9. The van der Waals surface area contributed by atoms with Crippen LogP contribution in [0.1, 0.15) is 10.4 Å². The van der Waals surface area contributed by atoms with Crippen LogP contribution in [-0.4, -0.2) is 23.6 Å². The number of oxazole rings is 1. The fourth-order valence-corrected chi connectivity index (χ4v) is 6.57. The third kappa shape index (κ3) is 3.01. The van der Waals surface area contributed by atoms with Crippen molar-refractivity contribution in [3.8, 4) is 10.6 Å². The van der Waals surface area contributed by atoms with Crippen LogP contribution in [0.4, 0.5) is 5.00 Å². The average molecular weight is 407 g/mol. The van der Waals surface area contributed by atoms with E-state index in [1.54, 1.807) is 18.3 Å². The van der Waals surface area contributed by atoms with Gasteiger partial charge in [-0.1, -0.05) is 6.58 Å². The maximum atomic E-state index is 12.9. The molecule has 0 aliphatic carbocycles. The monoisotopic (exact) mass is 407 g/mol. The van der Waals surface area contributed by atoms with Gasteiger partial charge in [0.25, 0.3) is 10.0 Å². The number of nitrogens with zero attached hydrogens (tertiary/aromatic N) is 2. The zero-order chi connectivity index (χ0) is 18.3. The van der Waals surface area contributed by atoms with E-state index in [2.05, 4.69) is 16.9 Å². The Bertz CT molecular complexity index is 1060. The van der Waals surface area contributed by atoms with Crippen LogP contribution >= 0.6 is 22.7 Å². The number of sulfonamides is 1. The molecule has 3 aromatic rings. The Labute approximate surface area is 157 Å². The minimum Gasteiger partial charge on any atom is -0.443 e. The van der Waals surface area contributed by atoms with Crippen LogP contribution in [0.5, 0.6) is 0 Å². The summed E-state index contributed by atoms with van der Waals surface area (Å²) < 4.78 is 32.7. The van der Waals surface area contributed by atoms with E-state index in [0.29, 0.717) is 22.2 Å². The summed E-state index contributed by atoms with van der Waals surface area (Å²) >= 11 is 2.53. The molecule has 0 radical (unpaired) electrons. The first-order valence-corrected chi connectivity index (χ1v) is 10.6. The SMILES string of the molecule is C=CC(=O)Nc1cc2c(s1)CN(S(=O)(=O)c1ccc(-c3cnco3)s1)C2. The summed E-state index contributed by atoms with van der Waals surface area (Å²) in [5.41, 5.74) is 0.907. The Kier molecular flexibility index (Phi) is 4.27. The van der Waals surface area contributed by atoms with Crippen molar-refractivity contribution in [2.24, 2.45) is 0 Å². The molecule has 0 atom stereocenters. The highest BCUT2D eigenvalue weighted by Gasteiger charge is 2.33. The van der Waals surface area contributed by atoms with Crippen molar-refractivity contribution in [2.45, 2.75) is 17.3 Å². The average Bonchev–Trinajstić information content (AvgIpc) is 3.35. The molecule has 10 heteroatoms. The predicted molar refractivity (Wildman–Crippen MR) is 99.4 cm³/mol. The Morgan fingerprint density at radius 2 is 2.19 bits per heavy atom. The maximum Gasteiger partial charge on any atom is 0.253 e. The Morgan fingerprint density at radius 3 is 2.88 bits per heavy atom. The van der Waals surface area contributed by atoms with Crippen molar-refractivity contribution < 1.29 is 17.6 Å². The number of rotatable bonds is 5. The summed E-state index contributed by atoms with van der Waals surface area (Å²) in [6, 6.07) is 5.11. The van der Waals surface area contributed by atoms with Gasteiger partial charge in [0.1, 0.15) is 4.21 Å². The van der Waals surface area contributed by atoms with E-state index in [0.717, 1.165) is 21.8 Å². The molecule has 0 saturated heterocycles. The van der Waals surface area contributed by atoms with Crippen LogP contribution in [0.2, 0.25) is 0 Å². The van der Waals surface area contributed by atoms with E-state index in [-0.39, 0.29) is 16.7 Å². The molecule has 134 valence electrons. The zero-order valence-corrected chi connectivity index (χ0v) is 15.8. The molecule has 1 amide bonds. The first kappa shape index (κ1) is 17.2. The maximum absolute atomic E-state index is 12.9. The van der Waals surface area contributed by atoms with E-state index in [1.807, 2.05) is 6.07 Å². The van der Waals surface area contributed by atoms with Gasteiger partial charge < -0.3 is 9.73 Å². The van der Waals surface area contributed by atoms with Crippen LogP contribution in [0.15, 0.2) is 52.1 Å². The van der Waals surface area contributed by atoms with Gasteiger partial charge in [-0.3, -0.25) is 4.79 Å². The van der Waals surface area contributed by atoms with Gasteiger partial charge in [-0.25, -0.2) is 13.4 Å². The molecule has 1 aliphatic heterocycles. The molecule has 0 fully saturated rings. The largest absolute Gasteiger partial charge is 0.443 e. The molecule has 0 saturated carbocycles. The Morgan fingerprint density at radius 1 is 1.35 bits per heavy atom. The second kappa shape index (κ2) is 6.47. The summed E-state index contributed by atoms with van der Waals surface area (Å²) in [5, 5.41) is 3.40. The number of fused-ring (bicyclic) bond motifs is 1. The topological polar surface area (TPSA) is 92.5 Å². The number of anilines is 1. The Balaban J connectivity index is 1.53. The third-order valence-corrected chi connectivity index (χ3v) is 8.28. The summed E-state index contributed by atoms with van der Waals surface area (Å²) in [6.07, 6.45) is 4.06. The molecule has 4 rings (SSSR count). The van der Waals surface area contributed by atoms with Gasteiger partial charge in [0.2, 0.25) is 5.91 Å². The van der Waals surface area contributed by atoms with Crippen LogP contribution in [0, 0.1) is 0 Å². The van der Waals surface area contributed by atoms with Crippen LogP contribution in [-0.2, 0) is 27.9 Å². The minimum atomic E-state index is -3.59. The number of hydrogen-bond donors (Lipinski definition) is 1. The molecule has 4 heterocycles. The first-order valence-electron chi connectivity index (χ1n) is 7.51. The van der Waals surface area contributed by atoms with Gasteiger partial charge in [-0.2, -0.15) is 4.31 Å². The van der Waals surface area contributed by atoms with Gasteiger partial charge in [0, 0.05) is 18.0 Å². The van der Waals surface area contributed by atoms with E-state index >= 15 is 0 Å². The Hall–Kier alpha value is -2.27. The van der Waals surface area contributed by atoms with Crippen LogP contribution < -0.4 is 5.32 Å². The number of aromatic nitrogens is 1. The van der Waals surface area contributed by atoms with Crippen molar-refractivity contribution in [1.82, 2.24) is 9.29 Å². The molecule has 1 aliphatic rings. The number of carbonyl (C=O) groups excluding carboxylic acids is 1. The number of amides is 1. The lowest BCUT2D eigenvalue weighted by Gasteiger charge is -2.14. The summed E-state index contributed by atoms with van der Waals surface area (Å²) in [7, 11) is -3.59. The second-order valence-corrected chi connectivity index (χ2v) is 9.90. The molecule has 1 N–H and O–H groups in total. The number of thiophene rings is 2. The highest BCUT2D eigenvalue weighted by Crippen LogP contribution is 2.39. The van der Waals surface area contributed by atoms with Crippen molar-refractivity contribution in [1.29, 1.82) is 0 Å². The van der Waals surface area contributed by atoms with Crippen LogP contribution in [0.3, 0.4) is 0 Å². The van der Waals surface area contributed by atoms with Gasteiger partial charge in [-0.05, 0) is 29.8 Å². The molecular weight excluding hydrogens is 394 g/mol. The lowest BCUT2D eigenvalue weighted by Crippen LogP contribution is -2.24. The molecule has 0 aromatic carbocycles. The molecule has 0 unspecified atom stereocenters. The standard InChI is InChI=1S/C16H13N3O4S3/c1-2-14(20)18-15-5-10-7-19(8-13(10)24-15)26(21,22)16-4-3-12(25-16)11-6-17-9-23-11/h2-6,9H,1,7-8H2,(H,18,20). The van der Waals surface area contributed by atoms with Crippen LogP contribution in [0.25, 0.3) is 10.6 Å². The third-order valence-electron chi connectivity index (χ3n) is 3.85. The van der Waals surface area contributed by atoms with Gasteiger partial charge >= 0.3 is 0 Å². The summed E-state index contributed by atoms with van der Waals surface area (Å²) in [6.45, 7) is 3.99. The second-order valence-electron chi connectivity index (χ2n) is 5.51. The van der Waals surface area contributed by atoms with E-state index in [4.69, 9.17) is 4.42 Å². The minimum absolute atomic E-state index is 0.263. The van der Waals surface area contributed by atoms with E-state index in [9.17, 15) is 13.2 Å². The number of hydrogen-bond acceptors (Lipinski definition) is 7.